The van der Waals surface area contributed by atoms with Crippen molar-refractivity contribution in [1.82, 2.24) is 14.5 Å². The van der Waals surface area contributed by atoms with E-state index in [1.807, 2.05) is 0 Å². The van der Waals surface area contributed by atoms with Crippen molar-refractivity contribution >= 4 is 46.4 Å². The number of carbonyl (C=O) groups is 4. The number of aromatic nitrogens is 3. The SMILES string of the molecule is CCOC(=O)C(C(=O)OCC)c1cc(Cl)cc2cc(C(C(=O)OCC)C(=O)OCC)n(-c3ncccn3)c12. The van der Waals surface area contributed by atoms with Gasteiger partial charge in [-0.15, -0.1) is 0 Å². The number of carbonyl (C=O) groups excluding carboxylic acids is 4. The highest BCUT2D eigenvalue weighted by atomic mass is 35.5. The molecule has 0 bridgehead atoms. The Labute approximate surface area is 224 Å². The van der Waals surface area contributed by atoms with E-state index in [4.69, 9.17) is 30.5 Å². The van der Waals surface area contributed by atoms with E-state index in [0.717, 1.165) is 0 Å². The number of ether oxygens (including phenoxy) is 4. The summed E-state index contributed by atoms with van der Waals surface area (Å²) >= 11 is 6.42. The lowest BCUT2D eigenvalue weighted by Crippen LogP contribution is -2.29. The first-order valence-corrected chi connectivity index (χ1v) is 12.4. The molecule has 0 aliphatic heterocycles. The number of halogens is 1. The molecule has 11 nitrogen and oxygen atoms in total. The molecule has 0 atom stereocenters. The van der Waals surface area contributed by atoms with Crippen molar-refractivity contribution in [3.8, 4) is 5.95 Å². The van der Waals surface area contributed by atoms with Gasteiger partial charge in [-0.3, -0.25) is 23.7 Å². The summed E-state index contributed by atoms with van der Waals surface area (Å²) in [4.78, 5) is 60.7. The average molecular weight is 546 g/mol. The highest BCUT2D eigenvalue weighted by Crippen LogP contribution is 2.37. The lowest BCUT2D eigenvalue weighted by molar-refractivity contribution is -0.159. The van der Waals surface area contributed by atoms with Crippen molar-refractivity contribution < 1.29 is 38.1 Å². The smallest absolute Gasteiger partial charge is 0.326 e. The molecular weight excluding hydrogens is 518 g/mol. The van der Waals surface area contributed by atoms with Crippen LogP contribution in [0.4, 0.5) is 0 Å². The van der Waals surface area contributed by atoms with Gasteiger partial charge in [0, 0.05) is 28.4 Å². The van der Waals surface area contributed by atoms with Crippen LogP contribution in [0.25, 0.3) is 16.9 Å². The summed E-state index contributed by atoms with van der Waals surface area (Å²) in [7, 11) is 0. The van der Waals surface area contributed by atoms with Crippen LogP contribution >= 0.6 is 11.6 Å². The fraction of sp³-hybridized carbons (Fsp3) is 0.385. The molecule has 1 aromatic carbocycles. The summed E-state index contributed by atoms with van der Waals surface area (Å²) in [6, 6.07) is 6.09. The molecule has 3 aromatic rings. The van der Waals surface area contributed by atoms with Crippen molar-refractivity contribution in [3.05, 3.63) is 52.9 Å². The molecule has 0 unspecified atom stereocenters. The minimum absolute atomic E-state index is 0.0142. The molecule has 38 heavy (non-hydrogen) atoms. The third-order valence-electron chi connectivity index (χ3n) is 5.37. The van der Waals surface area contributed by atoms with E-state index in [1.54, 1.807) is 39.8 Å². The van der Waals surface area contributed by atoms with E-state index >= 15 is 0 Å². The zero-order chi connectivity index (χ0) is 27.8. The Morgan fingerprint density at radius 2 is 1.24 bits per heavy atom. The highest BCUT2D eigenvalue weighted by molar-refractivity contribution is 6.31. The summed E-state index contributed by atoms with van der Waals surface area (Å²) < 4.78 is 22.1. The van der Waals surface area contributed by atoms with Crippen LogP contribution < -0.4 is 0 Å². The van der Waals surface area contributed by atoms with Gasteiger partial charge < -0.3 is 18.9 Å². The summed E-state index contributed by atoms with van der Waals surface area (Å²) in [5.74, 6) is -6.41. The van der Waals surface area contributed by atoms with Crippen molar-refractivity contribution in [2.24, 2.45) is 0 Å². The summed E-state index contributed by atoms with van der Waals surface area (Å²) in [6.45, 7) is 6.49. The predicted molar refractivity (Wildman–Crippen MR) is 136 cm³/mol. The van der Waals surface area contributed by atoms with Crippen LogP contribution in [0.3, 0.4) is 0 Å². The Morgan fingerprint density at radius 1 is 0.763 bits per heavy atom. The van der Waals surface area contributed by atoms with Crippen LogP contribution in [-0.2, 0) is 38.1 Å². The monoisotopic (exact) mass is 545 g/mol. The Balaban J connectivity index is 2.45. The third kappa shape index (κ3) is 5.94. The maximum atomic E-state index is 13.0. The second-order valence-corrected chi connectivity index (χ2v) is 8.20. The normalized spacial score (nSPS) is 11.0. The highest BCUT2D eigenvalue weighted by Gasteiger charge is 2.39. The molecular formula is C26H28ClN3O8. The molecule has 0 amide bonds. The van der Waals surface area contributed by atoms with Crippen molar-refractivity contribution in [2.75, 3.05) is 26.4 Å². The van der Waals surface area contributed by atoms with E-state index in [-0.39, 0.29) is 54.2 Å². The largest absolute Gasteiger partial charge is 0.465 e. The number of hydrogen-bond donors (Lipinski definition) is 0. The average Bonchev–Trinajstić information content (AvgIpc) is 3.24. The van der Waals surface area contributed by atoms with Gasteiger partial charge in [-0.25, -0.2) is 9.97 Å². The molecule has 0 N–H and O–H groups in total. The van der Waals surface area contributed by atoms with Gasteiger partial charge in [0.1, 0.15) is 0 Å². The Bertz CT molecular complexity index is 1290. The Kier molecular flexibility index (Phi) is 9.78. The molecule has 12 heteroatoms. The quantitative estimate of drug-likeness (QED) is 0.200. The molecule has 2 aromatic heterocycles. The van der Waals surface area contributed by atoms with Gasteiger partial charge >= 0.3 is 23.9 Å². The number of hydrogen-bond acceptors (Lipinski definition) is 10. The van der Waals surface area contributed by atoms with Crippen LogP contribution in [0.15, 0.2) is 36.7 Å². The van der Waals surface area contributed by atoms with Crippen LogP contribution in [0.2, 0.25) is 5.02 Å². The molecule has 0 aliphatic rings. The molecule has 0 radical (unpaired) electrons. The van der Waals surface area contributed by atoms with Crippen molar-refractivity contribution in [1.29, 1.82) is 0 Å². The lowest BCUT2D eigenvalue weighted by Gasteiger charge is -2.19. The van der Waals surface area contributed by atoms with E-state index < -0.39 is 35.7 Å². The molecule has 0 saturated heterocycles. The van der Waals surface area contributed by atoms with Gasteiger partial charge in [-0.2, -0.15) is 0 Å². The topological polar surface area (TPSA) is 136 Å². The zero-order valence-corrected chi connectivity index (χ0v) is 22.2. The predicted octanol–water partition coefficient (Wildman–Crippen LogP) is 3.49. The first-order valence-electron chi connectivity index (χ1n) is 12.1. The van der Waals surface area contributed by atoms with Gasteiger partial charge in [-0.05, 0) is 52.0 Å². The minimum atomic E-state index is -1.53. The van der Waals surface area contributed by atoms with Crippen LogP contribution in [0.5, 0.6) is 0 Å². The number of fused-ring (bicyclic) bond motifs is 1. The van der Waals surface area contributed by atoms with Crippen molar-refractivity contribution in [3.63, 3.8) is 0 Å². The summed E-state index contributed by atoms with van der Waals surface area (Å²) in [5.41, 5.74) is 0.466. The van der Waals surface area contributed by atoms with Gasteiger partial charge in [0.05, 0.1) is 37.6 Å². The molecule has 2 heterocycles. The van der Waals surface area contributed by atoms with E-state index in [1.165, 1.54) is 29.1 Å². The minimum Gasteiger partial charge on any atom is -0.465 e. The number of benzene rings is 1. The summed E-state index contributed by atoms with van der Waals surface area (Å²) in [6.07, 6.45) is 2.93. The first-order chi connectivity index (χ1) is 18.3. The Morgan fingerprint density at radius 3 is 1.71 bits per heavy atom. The zero-order valence-electron chi connectivity index (χ0n) is 21.4. The fourth-order valence-corrected chi connectivity index (χ4v) is 4.24. The number of esters is 4. The number of nitrogens with zero attached hydrogens (tertiary/aromatic N) is 3. The second kappa shape index (κ2) is 13.0. The van der Waals surface area contributed by atoms with Gasteiger partial charge in [-0.1, -0.05) is 11.6 Å². The first kappa shape index (κ1) is 28.6. The van der Waals surface area contributed by atoms with E-state index in [9.17, 15) is 19.2 Å². The molecule has 0 aliphatic carbocycles. The molecule has 0 spiro atoms. The fourth-order valence-electron chi connectivity index (χ4n) is 4.01. The van der Waals surface area contributed by atoms with Gasteiger partial charge in [0.25, 0.3) is 0 Å². The molecule has 202 valence electrons. The van der Waals surface area contributed by atoms with Crippen LogP contribution in [0, 0.1) is 0 Å². The van der Waals surface area contributed by atoms with Gasteiger partial charge in [0.2, 0.25) is 5.95 Å². The lowest BCUT2D eigenvalue weighted by atomic mass is 9.96. The van der Waals surface area contributed by atoms with Crippen molar-refractivity contribution in [2.45, 2.75) is 39.5 Å². The van der Waals surface area contributed by atoms with Crippen LogP contribution in [0.1, 0.15) is 50.8 Å². The molecule has 3 rings (SSSR count). The van der Waals surface area contributed by atoms with E-state index in [2.05, 4.69) is 9.97 Å². The summed E-state index contributed by atoms with van der Waals surface area (Å²) in [5, 5.41) is 0.583. The maximum Gasteiger partial charge on any atom is 0.326 e. The Hall–Kier alpha value is -3.99. The maximum absolute atomic E-state index is 13.0. The van der Waals surface area contributed by atoms with Gasteiger partial charge in [0.15, 0.2) is 11.8 Å². The number of rotatable bonds is 11. The second-order valence-electron chi connectivity index (χ2n) is 7.76. The third-order valence-corrected chi connectivity index (χ3v) is 5.59. The standard InChI is InChI=1S/C26H28ClN3O8/c1-5-35-22(31)19(23(32)36-6-2)17-14-16(27)12-15-13-18(20(24(33)37-7-3)25(34)38-8-4)30(21(15)17)26-28-10-9-11-29-26/h9-14,19-20H,5-8H2,1-4H3. The van der Waals surface area contributed by atoms with E-state index in [0.29, 0.717) is 5.39 Å². The molecule has 0 fully saturated rings. The molecule has 0 saturated carbocycles. The van der Waals surface area contributed by atoms with Crippen LogP contribution in [-0.4, -0.2) is 64.8 Å².